The number of halogens is 1. The number of benzene rings is 2. The Bertz CT molecular complexity index is 1130. The van der Waals surface area contributed by atoms with Crippen LogP contribution in [0.15, 0.2) is 54.6 Å². The van der Waals surface area contributed by atoms with Crippen LogP contribution in [0.2, 0.25) is 5.28 Å². The first-order chi connectivity index (χ1) is 14.1. The van der Waals surface area contributed by atoms with Gasteiger partial charge in [0, 0.05) is 24.0 Å². The fourth-order valence-electron chi connectivity index (χ4n) is 3.51. The zero-order valence-electron chi connectivity index (χ0n) is 16.6. The second-order valence-corrected chi connectivity index (χ2v) is 8.37. The van der Waals surface area contributed by atoms with Gasteiger partial charge >= 0.3 is 0 Å². The van der Waals surface area contributed by atoms with E-state index in [1.165, 1.54) is 10.4 Å². The molecular weight excluding hydrogens is 402 g/mol. The maximum absolute atomic E-state index is 6.28. The van der Waals surface area contributed by atoms with Gasteiger partial charge in [-0.05, 0) is 48.7 Å². The van der Waals surface area contributed by atoms with Gasteiger partial charge in [0.1, 0.15) is 16.4 Å². The summed E-state index contributed by atoms with van der Waals surface area (Å²) in [6, 6.07) is 18.5. The van der Waals surface area contributed by atoms with Gasteiger partial charge in [-0.25, -0.2) is 4.98 Å². The van der Waals surface area contributed by atoms with Gasteiger partial charge in [-0.3, -0.25) is 0 Å². The van der Waals surface area contributed by atoms with E-state index < -0.39 is 0 Å². The Balaban J connectivity index is 1.82. The van der Waals surface area contributed by atoms with Crippen molar-refractivity contribution in [1.82, 2.24) is 9.97 Å². The SMILES string of the molecule is CCOc1ccc(-c2c(C)sc3nc(Cl)nc(N(C)Cc4ccccc4)c23)cc1. The summed E-state index contributed by atoms with van der Waals surface area (Å²) in [7, 11) is 2.04. The van der Waals surface area contributed by atoms with Crippen molar-refractivity contribution in [1.29, 1.82) is 0 Å². The summed E-state index contributed by atoms with van der Waals surface area (Å²) in [4.78, 5) is 13.3. The van der Waals surface area contributed by atoms with Gasteiger partial charge in [0.25, 0.3) is 0 Å². The molecule has 0 N–H and O–H groups in total. The fourth-order valence-corrected chi connectivity index (χ4v) is 4.76. The van der Waals surface area contributed by atoms with E-state index in [4.69, 9.17) is 16.3 Å². The van der Waals surface area contributed by atoms with E-state index in [0.29, 0.717) is 6.61 Å². The molecule has 0 unspecified atom stereocenters. The molecule has 2 aromatic carbocycles. The van der Waals surface area contributed by atoms with Gasteiger partial charge in [-0.1, -0.05) is 42.5 Å². The summed E-state index contributed by atoms with van der Waals surface area (Å²) in [6.07, 6.45) is 0. The van der Waals surface area contributed by atoms with E-state index in [-0.39, 0.29) is 5.28 Å². The molecule has 29 heavy (non-hydrogen) atoms. The van der Waals surface area contributed by atoms with Crippen molar-refractivity contribution in [2.75, 3.05) is 18.6 Å². The normalized spacial score (nSPS) is 11.0. The Hall–Kier alpha value is -2.63. The number of hydrogen-bond donors (Lipinski definition) is 0. The number of rotatable bonds is 6. The van der Waals surface area contributed by atoms with E-state index in [0.717, 1.165) is 39.5 Å². The van der Waals surface area contributed by atoms with Crippen LogP contribution in [0, 0.1) is 6.92 Å². The van der Waals surface area contributed by atoms with E-state index in [9.17, 15) is 0 Å². The number of nitrogens with zero attached hydrogens (tertiary/aromatic N) is 3. The molecule has 0 atom stereocenters. The third-order valence-corrected chi connectivity index (χ3v) is 5.93. The van der Waals surface area contributed by atoms with Gasteiger partial charge in [0.05, 0.1) is 12.0 Å². The standard InChI is InChI=1S/C23H22ClN3OS/c1-4-28-18-12-10-17(11-13-18)19-15(2)29-22-20(19)21(25-23(24)26-22)27(3)14-16-8-6-5-7-9-16/h5-13H,4,14H2,1-3H3. The molecule has 2 heterocycles. The van der Waals surface area contributed by atoms with Crippen LogP contribution in [0.5, 0.6) is 5.75 Å². The number of aromatic nitrogens is 2. The van der Waals surface area contributed by atoms with Crippen LogP contribution in [0.3, 0.4) is 0 Å². The van der Waals surface area contributed by atoms with Crippen molar-refractivity contribution in [3.05, 3.63) is 70.3 Å². The molecule has 4 rings (SSSR count). The lowest BCUT2D eigenvalue weighted by Gasteiger charge is -2.20. The topological polar surface area (TPSA) is 38.3 Å². The van der Waals surface area contributed by atoms with Gasteiger partial charge in [0.15, 0.2) is 0 Å². The minimum Gasteiger partial charge on any atom is -0.494 e. The first kappa shape index (κ1) is 19.7. The number of anilines is 1. The van der Waals surface area contributed by atoms with Crippen molar-refractivity contribution in [3.63, 3.8) is 0 Å². The monoisotopic (exact) mass is 423 g/mol. The number of ether oxygens (including phenoxy) is 1. The van der Waals surface area contributed by atoms with Crippen LogP contribution in [-0.4, -0.2) is 23.6 Å². The molecule has 6 heteroatoms. The molecule has 0 saturated heterocycles. The van der Waals surface area contributed by atoms with Gasteiger partial charge in [-0.2, -0.15) is 4.98 Å². The minimum absolute atomic E-state index is 0.270. The molecule has 0 aliphatic heterocycles. The first-order valence-electron chi connectivity index (χ1n) is 9.51. The lowest BCUT2D eigenvalue weighted by Crippen LogP contribution is -2.18. The average Bonchev–Trinajstić information content (AvgIpc) is 3.04. The predicted octanol–water partition coefficient (Wildman–Crippen LogP) is 6.36. The van der Waals surface area contributed by atoms with Crippen molar-refractivity contribution in [2.24, 2.45) is 0 Å². The number of thiophene rings is 1. The highest BCUT2D eigenvalue weighted by Gasteiger charge is 2.20. The lowest BCUT2D eigenvalue weighted by atomic mass is 10.0. The smallest absolute Gasteiger partial charge is 0.225 e. The Labute approximate surface area is 179 Å². The summed E-state index contributed by atoms with van der Waals surface area (Å²) >= 11 is 7.92. The summed E-state index contributed by atoms with van der Waals surface area (Å²) in [6.45, 7) is 5.49. The highest BCUT2D eigenvalue weighted by Crippen LogP contribution is 2.42. The molecule has 0 amide bonds. The molecule has 0 radical (unpaired) electrons. The fraction of sp³-hybridized carbons (Fsp3) is 0.217. The number of aryl methyl sites for hydroxylation is 1. The van der Waals surface area contributed by atoms with Crippen LogP contribution in [0.4, 0.5) is 5.82 Å². The van der Waals surface area contributed by atoms with Gasteiger partial charge < -0.3 is 9.64 Å². The van der Waals surface area contributed by atoms with Crippen LogP contribution in [0.1, 0.15) is 17.4 Å². The van der Waals surface area contributed by atoms with Crippen molar-refractivity contribution in [3.8, 4) is 16.9 Å². The highest BCUT2D eigenvalue weighted by atomic mass is 35.5. The summed E-state index contributed by atoms with van der Waals surface area (Å²) < 4.78 is 5.59. The molecule has 0 bridgehead atoms. The molecule has 4 nitrogen and oxygen atoms in total. The molecule has 148 valence electrons. The maximum atomic E-state index is 6.28. The van der Waals surface area contributed by atoms with Crippen molar-refractivity contribution in [2.45, 2.75) is 20.4 Å². The predicted molar refractivity (Wildman–Crippen MR) is 122 cm³/mol. The molecule has 0 aliphatic rings. The largest absolute Gasteiger partial charge is 0.494 e. The third-order valence-electron chi connectivity index (χ3n) is 4.76. The Morgan fingerprint density at radius 2 is 1.76 bits per heavy atom. The Morgan fingerprint density at radius 3 is 2.45 bits per heavy atom. The highest BCUT2D eigenvalue weighted by molar-refractivity contribution is 7.19. The zero-order valence-corrected chi connectivity index (χ0v) is 18.2. The molecule has 0 aliphatic carbocycles. The van der Waals surface area contributed by atoms with Crippen molar-refractivity contribution >= 4 is 39.0 Å². The molecular formula is C23H22ClN3OS. The second kappa shape index (κ2) is 8.39. The van der Waals surface area contributed by atoms with Gasteiger partial charge in [0.2, 0.25) is 5.28 Å². The number of fused-ring (bicyclic) bond motifs is 1. The maximum Gasteiger partial charge on any atom is 0.225 e. The summed E-state index contributed by atoms with van der Waals surface area (Å²) in [5.74, 6) is 1.71. The molecule has 0 spiro atoms. The van der Waals surface area contributed by atoms with Crippen molar-refractivity contribution < 1.29 is 4.74 Å². The van der Waals surface area contributed by atoms with E-state index in [2.05, 4.69) is 46.1 Å². The second-order valence-electron chi connectivity index (χ2n) is 6.83. The number of hydrogen-bond acceptors (Lipinski definition) is 5. The average molecular weight is 424 g/mol. The first-order valence-corrected chi connectivity index (χ1v) is 10.7. The molecule has 0 fully saturated rings. The molecule has 4 aromatic rings. The third kappa shape index (κ3) is 4.07. The quantitative estimate of drug-likeness (QED) is 0.338. The Morgan fingerprint density at radius 1 is 1.03 bits per heavy atom. The van der Waals surface area contributed by atoms with E-state index in [1.807, 2.05) is 44.3 Å². The Kier molecular flexibility index (Phi) is 5.69. The summed E-state index contributed by atoms with van der Waals surface area (Å²) in [5, 5.41) is 1.31. The van der Waals surface area contributed by atoms with Crippen LogP contribution >= 0.6 is 22.9 Å². The summed E-state index contributed by atoms with van der Waals surface area (Å²) in [5.41, 5.74) is 3.49. The van der Waals surface area contributed by atoms with E-state index in [1.54, 1.807) is 11.3 Å². The van der Waals surface area contributed by atoms with E-state index >= 15 is 0 Å². The van der Waals surface area contributed by atoms with Crippen LogP contribution in [0.25, 0.3) is 21.3 Å². The molecule has 2 aromatic heterocycles. The molecule has 0 saturated carbocycles. The van der Waals surface area contributed by atoms with Gasteiger partial charge in [-0.15, -0.1) is 11.3 Å². The van der Waals surface area contributed by atoms with Crippen LogP contribution < -0.4 is 9.64 Å². The van der Waals surface area contributed by atoms with Crippen LogP contribution in [-0.2, 0) is 6.54 Å². The minimum atomic E-state index is 0.270. The zero-order chi connectivity index (χ0) is 20.4. The lowest BCUT2D eigenvalue weighted by molar-refractivity contribution is 0.340.